The molecule has 0 saturated carbocycles. The molecule has 2 N–H and O–H groups in total. The predicted octanol–water partition coefficient (Wildman–Crippen LogP) is 3.86. The molecule has 0 aromatic carbocycles. The highest BCUT2D eigenvalue weighted by molar-refractivity contribution is 7.09. The molecule has 188 valence electrons. The van der Waals surface area contributed by atoms with Crippen LogP contribution < -0.4 is 0 Å². The van der Waals surface area contributed by atoms with Crippen LogP contribution >= 0.6 is 11.3 Å². The van der Waals surface area contributed by atoms with E-state index < -0.39 is 41.7 Å². The first-order valence-corrected chi connectivity index (χ1v) is 12.8. The number of Topliss-reactive ketones (excluding diaryl/α,β-unsaturated/α-hetero) is 1. The minimum Gasteiger partial charge on any atom is -0.458 e. The SMILES string of the molecule is C/C(=C\c1csc(C)n1)[C@@H]1C[C@@H]2O[C@]2(C)/C=C/C[C@H](C)[C@H](O)[C@@H](C)C(=O)C(C)[C@@H](O)CC(=O)O1. The second-order valence-corrected chi connectivity index (χ2v) is 11.1. The largest absolute Gasteiger partial charge is 0.458 e. The summed E-state index contributed by atoms with van der Waals surface area (Å²) in [5, 5.41) is 24.2. The van der Waals surface area contributed by atoms with Gasteiger partial charge < -0.3 is 19.7 Å². The highest BCUT2D eigenvalue weighted by atomic mass is 32.1. The van der Waals surface area contributed by atoms with Gasteiger partial charge in [0.05, 0.1) is 35.4 Å². The summed E-state index contributed by atoms with van der Waals surface area (Å²) in [4.78, 5) is 30.1. The zero-order valence-electron chi connectivity index (χ0n) is 20.9. The summed E-state index contributed by atoms with van der Waals surface area (Å²) in [5.74, 6) is -2.43. The average Bonchev–Trinajstić information content (AvgIpc) is 3.22. The van der Waals surface area contributed by atoms with Crippen molar-refractivity contribution in [3.8, 4) is 0 Å². The summed E-state index contributed by atoms with van der Waals surface area (Å²) >= 11 is 1.55. The fourth-order valence-electron chi connectivity index (χ4n) is 4.47. The highest BCUT2D eigenvalue weighted by Gasteiger charge is 2.51. The van der Waals surface area contributed by atoms with E-state index in [1.165, 1.54) is 0 Å². The van der Waals surface area contributed by atoms with E-state index >= 15 is 0 Å². The molecular formula is C26H37NO6S. The van der Waals surface area contributed by atoms with Crippen molar-refractivity contribution in [2.75, 3.05) is 0 Å². The molecule has 2 aliphatic rings. The van der Waals surface area contributed by atoms with Gasteiger partial charge in [-0.1, -0.05) is 32.9 Å². The van der Waals surface area contributed by atoms with E-state index in [1.54, 1.807) is 25.2 Å². The van der Waals surface area contributed by atoms with E-state index in [0.29, 0.717) is 12.8 Å². The van der Waals surface area contributed by atoms with Gasteiger partial charge in [0.25, 0.3) is 0 Å². The van der Waals surface area contributed by atoms with E-state index in [0.717, 1.165) is 16.3 Å². The molecule has 8 heteroatoms. The van der Waals surface area contributed by atoms with Crippen molar-refractivity contribution in [1.82, 2.24) is 4.98 Å². The molecule has 1 fully saturated rings. The number of rotatable bonds is 2. The first-order chi connectivity index (χ1) is 15.9. The molecule has 0 radical (unpaired) electrons. The third-order valence-electron chi connectivity index (χ3n) is 7.10. The lowest BCUT2D eigenvalue weighted by Crippen LogP contribution is -2.39. The fraction of sp³-hybridized carbons (Fsp3) is 0.654. The topological polar surface area (TPSA) is 109 Å². The van der Waals surface area contributed by atoms with Gasteiger partial charge in [0.2, 0.25) is 0 Å². The number of fused-ring (bicyclic) bond motifs is 1. The first-order valence-electron chi connectivity index (χ1n) is 12.0. The summed E-state index contributed by atoms with van der Waals surface area (Å²) < 4.78 is 11.8. The van der Waals surface area contributed by atoms with Gasteiger partial charge in [-0.15, -0.1) is 11.3 Å². The molecule has 34 heavy (non-hydrogen) atoms. The summed E-state index contributed by atoms with van der Waals surface area (Å²) in [6.45, 7) is 11.0. The molecule has 0 amide bonds. The van der Waals surface area contributed by atoms with Gasteiger partial charge in [-0.2, -0.15) is 0 Å². The minimum absolute atomic E-state index is 0.125. The number of carbonyl (C=O) groups is 2. The van der Waals surface area contributed by atoms with E-state index in [2.05, 4.69) is 4.98 Å². The Balaban J connectivity index is 1.86. The van der Waals surface area contributed by atoms with Crippen molar-refractivity contribution < 1.29 is 29.3 Å². The Kier molecular flexibility index (Phi) is 8.50. The van der Waals surface area contributed by atoms with E-state index in [4.69, 9.17) is 9.47 Å². The molecule has 1 unspecified atom stereocenters. The van der Waals surface area contributed by atoms with E-state index in [1.807, 2.05) is 51.3 Å². The van der Waals surface area contributed by atoms with Gasteiger partial charge in [-0.05, 0) is 44.8 Å². The number of thiazole rings is 1. The Morgan fingerprint density at radius 2 is 1.94 bits per heavy atom. The van der Waals surface area contributed by atoms with Crippen LogP contribution in [-0.2, 0) is 19.1 Å². The van der Waals surface area contributed by atoms with Crippen molar-refractivity contribution in [3.05, 3.63) is 33.8 Å². The lowest BCUT2D eigenvalue weighted by molar-refractivity contribution is -0.151. The van der Waals surface area contributed by atoms with Crippen molar-refractivity contribution in [2.24, 2.45) is 17.8 Å². The van der Waals surface area contributed by atoms with Crippen LogP contribution in [0.15, 0.2) is 23.1 Å². The van der Waals surface area contributed by atoms with Crippen molar-refractivity contribution >= 4 is 29.2 Å². The zero-order chi connectivity index (χ0) is 25.2. The highest BCUT2D eigenvalue weighted by Crippen LogP contribution is 2.42. The summed E-state index contributed by atoms with van der Waals surface area (Å²) in [5.41, 5.74) is 1.17. The number of aryl methyl sites for hydroxylation is 1. The summed E-state index contributed by atoms with van der Waals surface area (Å²) in [7, 11) is 0. The Hall–Kier alpha value is -1.87. The lowest BCUT2D eigenvalue weighted by Gasteiger charge is -2.27. The van der Waals surface area contributed by atoms with Crippen LogP contribution in [0.4, 0.5) is 0 Å². The molecule has 0 spiro atoms. The number of epoxide rings is 1. The van der Waals surface area contributed by atoms with Gasteiger partial charge >= 0.3 is 5.97 Å². The lowest BCUT2D eigenvalue weighted by atomic mass is 9.82. The number of aromatic nitrogens is 1. The minimum atomic E-state index is -1.19. The normalized spacial score (nSPS) is 39.3. The molecule has 2 aliphatic heterocycles. The molecule has 7 nitrogen and oxygen atoms in total. The number of aliphatic hydroxyl groups is 2. The monoisotopic (exact) mass is 491 g/mol. The molecule has 1 aromatic rings. The number of nitrogens with zero attached hydrogens (tertiary/aromatic N) is 1. The van der Waals surface area contributed by atoms with Crippen LogP contribution in [0.1, 0.15) is 64.6 Å². The van der Waals surface area contributed by atoms with Crippen molar-refractivity contribution in [3.63, 3.8) is 0 Å². The van der Waals surface area contributed by atoms with E-state index in [-0.39, 0.29) is 24.2 Å². The van der Waals surface area contributed by atoms with Crippen LogP contribution in [0.5, 0.6) is 0 Å². The maximum atomic E-state index is 12.9. The molecule has 3 heterocycles. The van der Waals surface area contributed by atoms with Crippen LogP contribution in [-0.4, -0.2) is 57.0 Å². The zero-order valence-corrected chi connectivity index (χ0v) is 21.7. The fourth-order valence-corrected chi connectivity index (χ4v) is 5.04. The number of esters is 1. The van der Waals surface area contributed by atoms with Gasteiger partial charge in [0.1, 0.15) is 17.5 Å². The first kappa shape index (κ1) is 26.7. The number of carbonyl (C=O) groups excluding carboxylic acids is 2. The number of allylic oxidation sites excluding steroid dienone is 1. The van der Waals surface area contributed by atoms with Gasteiger partial charge in [-0.3, -0.25) is 9.59 Å². The second-order valence-electron chi connectivity index (χ2n) is 10.0. The quantitative estimate of drug-likeness (QED) is 0.367. The molecule has 1 aromatic heterocycles. The molecule has 3 rings (SSSR count). The smallest absolute Gasteiger partial charge is 0.309 e. The Bertz CT molecular complexity index is 955. The van der Waals surface area contributed by atoms with Crippen molar-refractivity contribution in [1.29, 1.82) is 0 Å². The molecule has 1 saturated heterocycles. The van der Waals surface area contributed by atoms with E-state index in [9.17, 15) is 19.8 Å². The maximum absolute atomic E-state index is 12.9. The Morgan fingerprint density at radius 3 is 2.59 bits per heavy atom. The molecule has 0 aliphatic carbocycles. The van der Waals surface area contributed by atoms with Gasteiger partial charge in [0, 0.05) is 23.6 Å². The Morgan fingerprint density at radius 1 is 1.24 bits per heavy atom. The molecule has 8 atom stereocenters. The number of hydrogen-bond acceptors (Lipinski definition) is 8. The Labute approximate surface area is 205 Å². The number of ketones is 1. The third-order valence-corrected chi connectivity index (χ3v) is 7.89. The standard InChI is InChI=1S/C26H37NO6S/c1-14-8-7-9-26(6)22(33-26)12-21(15(2)10-19-13-34-18(5)27-19)32-23(29)11-20(28)16(3)25(31)17(4)24(14)30/h7,9-10,13-14,16-17,20-22,24,28,30H,8,11-12H2,1-6H3/b9-7+,15-10+/t14-,16?,17+,20-,21-,22-,24-,26+/m0/s1. The number of hydrogen-bond donors (Lipinski definition) is 2. The number of ether oxygens (including phenoxy) is 2. The second kappa shape index (κ2) is 10.8. The van der Waals surface area contributed by atoms with Crippen LogP contribution in [0, 0.1) is 24.7 Å². The number of cyclic esters (lactones) is 1. The predicted molar refractivity (Wildman–Crippen MR) is 131 cm³/mol. The maximum Gasteiger partial charge on any atom is 0.309 e. The average molecular weight is 492 g/mol. The van der Waals surface area contributed by atoms with Crippen molar-refractivity contribution in [2.45, 2.75) is 90.8 Å². The summed E-state index contributed by atoms with van der Waals surface area (Å²) in [6.07, 6.45) is 3.95. The van der Waals surface area contributed by atoms with Gasteiger partial charge in [0.15, 0.2) is 0 Å². The molecular weight excluding hydrogens is 454 g/mol. The number of aliphatic hydroxyl groups excluding tert-OH is 2. The molecule has 0 bridgehead atoms. The van der Waals surface area contributed by atoms with Crippen LogP contribution in [0.3, 0.4) is 0 Å². The van der Waals surface area contributed by atoms with Crippen LogP contribution in [0.2, 0.25) is 0 Å². The third kappa shape index (κ3) is 6.42. The van der Waals surface area contributed by atoms with Crippen LogP contribution in [0.25, 0.3) is 6.08 Å². The summed E-state index contributed by atoms with van der Waals surface area (Å²) in [6, 6.07) is 0. The van der Waals surface area contributed by atoms with Gasteiger partial charge in [-0.25, -0.2) is 4.98 Å².